The van der Waals surface area contributed by atoms with Crippen LogP contribution in [0.5, 0.6) is 5.75 Å². The van der Waals surface area contributed by atoms with Gasteiger partial charge in [-0.1, -0.05) is 6.58 Å². The molecule has 0 aliphatic rings. The molecule has 0 atom stereocenters. The molecule has 1 aromatic heterocycles. The summed E-state index contributed by atoms with van der Waals surface area (Å²) < 4.78 is 7.52. The first kappa shape index (κ1) is 14.8. The molecule has 0 aliphatic carbocycles. The fraction of sp³-hybridized carbons (Fsp3) is 0.643. The molecule has 0 amide bonds. The van der Waals surface area contributed by atoms with E-state index in [1.54, 1.807) is 6.20 Å². The second-order valence-electron chi connectivity index (χ2n) is 5.89. The van der Waals surface area contributed by atoms with Crippen LogP contribution in [-0.4, -0.2) is 28.5 Å². The predicted molar refractivity (Wildman–Crippen MR) is 75.0 cm³/mol. The lowest BCUT2D eigenvalue weighted by Crippen LogP contribution is -2.37. The van der Waals surface area contributed by atoms with Gasteiger partial charge >= 0.3 is 0 Å². The molecule has 0 spiro atoms. The van der Waals surface area contributed by atoms with E-state index in [4.69, 9.17) is 4.74 Å². The maximum Gasteiger partial charge on any atom is 0.157 e. The Morgan fingerprint density at radius 2 is 2.17 bits per heavy atom. The molecule has 0 unspecified atom stereocenters. The number of rotatable bonds is 6. The molecule has 4 heteroatoms. The van der Waals surface area contributed by atoms with Crippen molar-refractivity contribution in [2.75, 3.05) is 13.2 Å². The largest absolute Gasteiger partial charge is 0.486 e. The van der Waals surface area contributed by atoms with E-state index in [9.17, 15) is 0 Å². The van der Waals surface area contributed by atoms with E-state index in [1.807, 2.05) is 10.9 Å². The standard InChI is InChI=1S/C14H25N3O/c1-11(2)17-9-13(8-16-17)18-10-12(3)7-15-14(4,5)6/h8-9,11,15H,3,7,10H2,1-2,4-6H3. The first-order chi connectivity index (χ1) is 8.28. The number of hydrogen-bond acceptors (Lipinski definition) is 3. The maximum absolute atomic E-state index is 5.64. The molecule has 0 fully saturated rings. The van der Waals surface area contributed by atoms with E-state index < -0.39 is 0 Å². The maximum atomic E-state index is 5.64. The summed E-state index contributed by atoms with van der Waals surface area (Å²) in [5.74, 6) is 0.792. The van der Waals surface area contributed by atoms with Gasteiger partial charge in [-0.15, -0.1) is 0 Å². The van der Waals surface area contributed by atoms with Gasteiger partial charge in [0, 0.05) is 18.1 Å². The fourth-order valence-corrected chi connectivity index (χ4v) is 1.30. The van der Waals surface area contributed by atoms with Crippen LogP contribution in [0.25, 0.3) is 0 Å². The van der Waals surface area contributed by atoms with Crippen molar-refractivity contribution in [3.05, 3.63) is 24.5 Å². The van der Waals surface area contributed by atoms with Gasteiger partial charge in [-0.2, -0.15) is 5.10 Å². The Morgan fingerprint density at radius 3 is 2.67 bits per heavy atom. The lowest BCUT2D eigenvalue weighted by Gasteiger charge is -2.21. The van der Waals surface area contributed by atoms with Crippen LogP contribution in [0.3, 0.4) is 0 Å². The summed E-state index contributed by atoms with van der Waals surface area (Å²) >= 11 is 0. The van der Waals surface area contributed by atoms with E-state index in [0.29, 0.717) is 12.6 Å². The monoisotopic (exact) mass is 251 g/mol. The van der Waals surface area contributed by atoms with Gasteiger partial charge in [-0.25, -0.2) is 0 Å². The van der Waals surface area contributed by atoms with Gasteiger partial charge in [-0.05, 0) is 40.2 Å². The van der Waals surface area contributed by atoms with Crippen molar-refractivity contribution in [3.63, 3.8) is 0 Å². The first-order valence-electron chi connectivity index (χ1n) is 6.36. The minimum Gasteiger partial charge on any atom is -0.486 e. The Morgan fingerprint density at radius 1 is 1.50 bits per heavy atom. The summed E-state index contributed by atoms with van der Waals surface area (Å²) in [4.78, 5) is 0. The average molecular weight is 251 g/mol. The zero-order valence-electron chi connectivity index (χ0n) is 12.2. The van der Waals surface area contributed by atoms with E-state index in [1.165, 1.54) is 0 Å². The van der Waals surface area contributed by atoms with Crippen molar-refractivity contribution in [1.29, 1.82) is 0 Å². The van der Waals surface area contributed by atoms with Crippen molar-refractivity contribution in [2.45, 2.75) is 46.2 Å². The Kier molecular flexibility index (Phi) is 4.96. The molecule has 1 aromatic rings. The number of nitrogens with one attached hydrogen (secondary N) is 1. The molecule has 4 nitrogen and oxygen atoms in total. The van der Waals surface area contributed by atoms with Crippen LogP contribution in [0.4, 0.5) is 0 Å². The molecule has 1 heterocycles. The molecule has 0 bridgehead atoms. The number of ether oxygens (including phenoxy) is 1. The highest BCUT2D eigenvalue weighted by atomic mass is 16.5. The van der Waals surface area contributed by atoms with Gasteiger partial charge in [0.05, 0.1) is 12.4 Å². The Hall–Kier alpha value is -1.29. The SMILES string of the molecule is C=C(CNC(C)(C)C)COc1cnn(C(C)C)c1. The number of nitrogens with zero attached hydrogens (tertiary/aromatic N) is 2. The second kappa shape index (κ2) is 6.05. The van der Waals surface area contributed by atoms with Crippen molar-refractivity contribution >= 4 is 0 Å². The third-order valence-electron chi connectivity index (χ3n) is 2.42. The molecule has 0 saturated carbocycles. The van der Waals surface area contributed by atoms with Crippen LogP contribution in [0.2, 0.25) is 0 Å². The number of aromatic nitrogens is 2. The summed E-state index contributed by atoms with van der Waals surface area (Å²) in [5.41, 5.74) is 1.13. The second-order valence-corrected chi connectivity index (χ2v) is 5.89. The highest BCUT2D eigenvalue weighted by molar-refractivity contribution is 5.13. The molecular weight excluding hydrogens is 226 g/mol. The molecule has 1 rings (SSSR count). The Labute approximate surface area is 110 Å². The minimum atomic E-state index is 0.103. The van der Waals surface area contributed by atoms with Gasteiger partial charge in [0.25, 0.3) is 0 Å². The van der Waals surface area contributed by atoms with Crippen LogP contribution in [0, 0.1) is 0 Å². The summed E-state index contributed by atoms with van der Waals surface area (Å²) in [6.07, 6.45) is 3.65. The molecule has 0 aliphatic heterocycles. The van der Waals surface area contributed by atoms with Crippen molar-refractivity contribution in [1.82, 2.24) is 15.1 Å². The van der Waals surface area contributed by atoms with Gasteiger partial charge in [0.15, 0.2) is 5.75 Å². The van der Waals surface area contributed by atoms with Crippen molar-refractivity contribution in [3.8, 4) is 5.75 Å². The molecular formula is C14H25N3O. The molecule has 102 valence electrons. The van der Waals surface area contributed by atoms with Crippen molar-refractivity contribution < 1.29 is 4.74 Å². The van der Waals surface area contributed by atoms with E-state index in [0.717, 1.165) is 17.9 Å². The van der Waals surface area contributed by atoms with Crippen LogP contribution in [0.1, 0.15) is 40.7 Å². The van der Waals surface area contributed by atoms with E-state index >= 15 is 0 Å². The molecule has 1 N–H and O–H groups in total. The highest BCUT2D eigenvalue weighted by Gasteiger charge is 2.09. The quantitative estimate of drug-likeness (QED) is 0.790. The zero-order valence-corrected chi connectivity index (χ0v) is 12.2. The van der Waals surface area contributed by atoms with E-state index in [-0.39, 0.29) is 5.54 Å². The summed E-state index contributed by atoms with van der Waals surface area (Å²) in [5, 5.41) is 7.61. The smallest absolute Gasteiger partial charge is 0.157 e. The average Bonchev–Trinajstić information content (AvgIpc) is 2.71. The molecule has 0 saturated heterocycles. The van der Waals surface area contributed by atoms with Crippen LogP contribution in [-0.2, 0) is 0 Å². The van der Waals surface area contributed by atoms with E-state index in [2.05, 4.69) is 51.6 Å². The lowest BCUT2D eigenvalue weighted by molar-refractivity contribution is 0.340. The van der Waals surface area contributed by atoms with Gasteiger partial charge in [0.1, 0.15) is 6.61 Å². The van der Waals surface area contributed by atoms with Crippen LogP contribution in [0.15, 0.2) is 24.5 Å². The fourth-order valence-electron chi connectivity index (χ4n) is 1.30. The minimum absolute atomic E-state index is 0.103. The molecule has 0 radical (unpaired) electrons. The zero-order chi connectivity index (χ0) is 13.8. The van der Waals surface area contributed by atoms with Crippen LogP contribution < -0.4 is 10.1 Å². The predicted octanol–water partition coefficient (Wildman–Crippen LogP) is 2.79. The van der Waals surface area contributed by atoms with Gasteiger partial charge in [-0.3, -0.25) is 4.68 Å². The Bertz CT molecular complexity index is 388. The van der Waals surface area contributed by atoms with Crippen LogP contribution >= 0.6 is 0 Å². The topological polar surface area (TPSA) is 39.1 Å². The van der Waals surface area contributed by atoms with Gasteiger partial charge in [0.2, 0.25) is 0 Å². The third kappa shape index (κ3) is 5.36. The third-order valence-corrected chi connectivity index (χ3v) is 2.42. The Balaban J connectivity index is 2.33. The summed E-state index contributed by atoms with van der Waals surface area (Å²) in [7, 11) is 0. The lowest BCUT2D eigenvalue weighted by atomic mass is 10.1. The molecule has 18 heavy (non-hydrogen) atoms. The first-order valence-corrected chi connectivity index (χ1v) is 6.36. The van der Waals surface area contributed by atoms with Gasteiger partial charge < -0.3 is 10.1 Å². The highest BCUT2D eigenvalue weighted by Crippen LogP contribution is 2.13. The summed E-state index contributed by atoms with van der Waals surface area (Å²) in [6, 6.07) is 0.355. The van der Waals surface area contributed by atoms with Crippen molar-refractivity contribution in [2.24, 2.45) is 0 Å². The number of hydrogen-bond donors (Lipinski definition) is 1. The normalized spacial score (nSPS) is 11.9. The summed E-state index contributed by atoms with van der Waals surface area (Å²) in [6.45, 7) is 15.9. The molecule has 0 aromatic carbocycles.